The van der Waals surface area contributed by atoms with Crippen LogP contribution in [0.1, 0.15) is 41.0 Å². The largest absolute Gasteiger partial charge is 0.245 e. The minimum absolute atomic E-state index is 0.356. The second-order valence-electron chi connectivity index (χ2n) is 10.0. The van der Waals surface area contributed by atoms with Gasteiger partial charge in [-0.05, 0) is 61.4 Å². The number of para-hydroxylation sites is 1. The first-order valence-corrected chi connectivity index (χ1v) is 13.1. The van der Waals surface area contributed by atoms with Crippen molar-refractivity contribution in [1.29, 1.82) is 0 Å². The molecule has 0 radical (unpaired) electrons. The Balaban J connectivity index is 1.37. The van der Waals surface area contributed by atoms with Crippen molar-refractivity contribution in [3.8, 4) is 11.3 Å². The van der Waals surface area contributed by atoms with Gasteiger partial charge in [0, 0.05) is 10.9 Å². The number of allylic oxidation sites excluding steroid dienone is 2. The highest BCUT2D eigenvalue weighted by atomic mass is 15.4. The number of hydrazone groups is 1. The highest BCUT2D eigenvalue weighted by molar-refractivity contribution is 6.03. The molecule has 1 aliphatic carbocycles. The van der Waals surface area contributed by atoms with E-state index in [2.05, 4.69) is 92.1 Å². The third-order valence-corrected chi connectivity index (χ3v) is 7.18. The zero-order valence-corrected chi connectivity index (χ0v) is 21.7. The first kappa shape index (κ1) is 23.8. The van der Waals surface area contributed by atoms with Gasteiger partial charge in [0.05, 0.1) is 16.9 Å². The molecule has 6 rings (SSSR count). The molecule has 1 N–H and O–H groups in total. The summed E-state index contributed by atoms with van der Waals surface area (Å²) in [5, 5.41) is 5.87. The Morgan fingerprint density at radius 3 is 2.13 bits per heavy atom. The van der Waals surface area contributed by atoms with Crippen LogP contribution in [0.2, 0.25) is 0 Å². The van der Waals surface area contributed by atoms with Crippen LogP contribution in [0.4, 0.5) is 5.95 Å². The Morgan fingerprint density at radius 2 is 1.37 bits per heavy atom. The maximum Gasteiger partial charge on any atom is 0.244 e. The molecule has 0 bridgehead atoms. The lowest BCUT2D eigenvalue weighted by atomic mass is 9.80. The summed E-state index contributed by atoms with van der Waals surface area (Å²) in [6, 6.07) is 36.0. The molecule has 0 amide bonds. The van der Waals surface area contributed by atoms with E-state index >= 15 is 0 Å². The molecule has 186 valence electrons. The van der Waals surface area contributed by atoms with Gasteiger partial charge in [0.1, 0.15) is 0 Å². The van der Waals surface area contributed by atoms with Crippen LogP contribution in [-0.2, 0) is 0 Å². The van der Waals surface area contributed by atoms with Crippen LogP contribution in [0.25, 0.3) is 27.7 Å². The monoisotopic (exact) mass is 494 g/mol. The summed E-state index contributed by atoms with van der Waals surface area (Å²) in [7, 11) is 0. The van der Waals surface area contributed by atoms with Gasteiger partial charge in [0.25, 0.3) is 0 Å². The van der Waals surface area contributed by atoms with Crippen molar-refractivity contribution < 1.29 is 0 Å². The zero-order valence-electron chi connectivity index (χ0n) is 21.7. The van der Waals surface area contributed by atoms with E-state index in [1.165, 1.54) is 27.8 Å². The SMILES string of the molecule is Cc1ccc(C2=C/C(=N/Nc3nc(-c4ccccc4)c4ccccc4n3)C[C@@H](c3ccc(C)cc3)C2)cc1. The fourth-order valence-corrected chi connectivity index (χ4v) is 5.09. The zero-order chi connectivity index (χ0) is 25.9. The van der Waals surface area contributed by atoms with Crippen LogP contribution in [0.5, 0.6) is 0 Å². The average molecular weight is 495 g/mol. The number of aromatic nitrogens is 2. The summed E-state index contributed by atoms with van der Waals surface area (Å²) in [5.41, 5.74) is 13.5. The summed E-state index contributed by atoms with van der Waals surface area (Å²) in [6.45, 7) is 4.25. The fourth-order valence-electron chi connectivity index (χ4n) is 5.09. The summed E-state index contributed by atoms with van der Waals surface area (Å²) < 4.78 is 0. The molecule has 0 fully saturated rings. The van der Waals surface area contributed by atoms with Gasteiger partial charge in [-0.25, -0.2) is 15.4 Å². The maximum absolute atomic E-state index is 4.88. The third kappa shape index (κ3) is 5.12. The number of benzene rings is 4. The van der Waals surface area contributed by atoms with Gasteiger partial charge >= 0.3 is 0 Å². The van der Waals surface area contributed by atoms with E-state index in [1.807, 2.05) is 36.4 Å². The second kappa shape index (κ2) is 10.4. The average Bonchev–Trinajstić information content (AvgIpc) is 2.97. The minimum Gasteiger partial charge on any atom is -0.245 e. The number of nitrogens with one attached hydrogen (secondary N) is 1. The molecule has 0 spiro atoms. The number of nitrogens with zero attached hydrogens (tertiary/aromatic N) is 3. The van der Waals surface area contributed by atoms with Crippen molar-refractivity contribution in [3.05, 3.63) is 131 Å². The molecule has 1 atom stereocenters. The highest BCUT2D eigenvalue weighted by Crippen LogP contribution is 2.36. The molecule has 1 aliphatic rings. The van der Waals surface area contributed by atoms with Crippen molar-refractivity contribution in [2.24, 2.45) is 5.10 Å². The van der Waals surface area contributed by atoms with E-state index in [4.69, 9.17) is 15.1 Å². The van der Waals surface area contributed by atoms with E-state index in [0.29, 0.717) is 11.9 Å². The van der Waals surface area contributed by atoms with E-state index < -0.39 is 0 Å². The lowest BCUT2D eigenvalue weighted by Gasteiger charge is -2.25. The van der Waals surface area contributed by atoms with Gasteiger partial charge in [-0.1, -0.05) is 108 Å². The van der Waals surface area contributed by atoms with Crippen molar-refractivity contribution in [2.75, 3.05) is 5.43 Å². The lowest BCUT2D eigenvalue weighted by Crippen LogP contribution is -2.14. The fraction of sp³-hybridized carbons (Fsp3) is 0.147. The summed E-state index contributed by atoms with van der Waals surface area (Å²) in [4.78, 5) is 9.65. The van der Waals surface area contributed by atoms with Crippen molar-refractivity contribution in [3.63, 3.8) is 0 Å². The van der Waals surface area contributed by atoms with Crippen LogP contribution in [0.15, 0.2) is 114 Å². The quantitative estimate of drug-likeness (QED) is 0.250. The lowest BCUT2D eigenvalue weighted by molar-refractivity contribution is 0.731. The van der Waals surface area contributed by atoms with Crippen molar-refractivity contribution >= 4 is 28.1 Å². The Hall–Kier alpha value is -4.57. The first-order chi connectivity index (χ1) is 18.6. The third-order valence-electron chi connectivity index (χ3n) is 7.18. The Bertz CT molecular complexity index is 1630. The maximum atomic E-state index is 4.88. The molecule has 0 saturated heterocycles. The van der Waals surface area contributed by atoms with Crippen LogP contribution in [0, 0.1) is 13.8 Å². The van der Waals surface area contributed by atoms with E-state index in [0.717, 1.165) is 40.7 Å². The minimum atomic E-state index is 0.356. The summed E-state index contributed by atoms with van der Waals surface area (Å²) in [5.74, 6) is 0.854. The molecule has 4 aromatic carbocycles. The van der Waals surface area contributed by atoms with Crippen LogP contribution < -0.4 is 5.43 Å². The van der Waals surface area contributed by atoms with Gasteiger partial charge in [-0.3, -0.25) is 0 Å². The number of aryl methyl sites for hydroxylation is 2. The standard InChI is InChI=1S/C34H30N4/c1-23-12-16-25(17-13-23)28-20-29(26-18-14-24(2)15-19-26)22-30(21-28)37-38-34-35-32-11-7-6-10-31(32)33(36-34)27-8-4-3-5-9-27/h3-19,21,29H,20,22H2,1-2H3,(H,35,36,38)/b37-30-/t29-/m0/s1. The molecule has 4 nitrogen and oxygen atoms in total. The summed E-state index contributed by atoms with van der Waals surface area (Å²) in [6.07, 6.45) is 4.06. The molecule has 0 saturated carbocycles. The van der Waals surface area contributed by atoms with Gasteiger partial charge < -0.3 is 0 Å². The smallest absolute Gasteiger partial charge is 0.244 e. The number of hydrogen-bond acceptors (Lipinski definition) is 4. The number of anilines is 1. The van der Waals surface area contributed by atoms with E-state index in [1.54, 1.807) is 0 Å². The van der Waals surface area contributed by atoms with Gasteiger partial charge in [-0.15, -0.1) is 0 Å². The molecule has 5 aromatic rings. The first-order valence-electron chi connectivity index (χ1n) is 13.1. The van der Waals surface area contributed by atoms with E-state index in [9.17, 15) is 0 Å². The normalized spacial score (nSPS) is 16.4. The molecular weight excluding hydrogens is 464 g/mol. The van der Waals surface area contributed by atoms with Gasteiger partial charge in [-0.2, -0.15) is 5.10 Å². The number of rotatable bonds is 5. The number of hydrogen-bond donors (Lipinski definition) is 1. The molecule has 0 aliphatic heterocycles. The van der Waals surface area contributed by atoms with Crippen molar-refractivity contribution in [2.45, 2.75) is 32.6 Å². The highest BCUT2D eigenvalue weighted by Gasteiger charge is 2.22. The molecule has 38 heavy (non-hydrogen) atoms. The van der Waals surface area contributed by atoms with Crippen LogP contribution in [0.3, 0.4) is 0 Å². The summed E-state index contributed by atoms with van der Waals surface area (Å²) >= 11 is 0. The topological polar surface area (TPSA) is 50.2 Å². The molecule has 0 unspecified atom stereocenters. The molecule has 4 heteroatoms. The Labute approximate surface area is 223 Å². The van der Waals surface area contributed by atoms with Crippen LogP contribution >= 0.6 is 0 Å². The molecule has 1 aromatic heterocycles. The Kier molecular flexibility index (Phi) is 6.53. The Morgan fingerprint density at radius 1 is 0.684 bits per heavy atom. The van der Waals surface area contributed by atoms with Crippen molar-refractivity contribution in [1.82, 2.24) is 9.97 Å². The van der Waals surface area contributed by atoms with Crippen LogP contribution in [-0.4, -0.2) is 15.7 Å². The van der Waals surface area contributed by atoms with Gasteiger partial charge in [0.2, 0.25) is 5.95 Å². The molecular formula is C34H30N4. The van der Waals surface area contributed by atoms with Gasteiger partial charge in [0.15, 0.2) is 0 Å². The van der Waals surface area contributed by atoms with E-state index in [-0.39, 0.29) is 0 Å². The second-order valence-corrected chi connectivity index (χ2v) is 10.0. The predicted octanol–water partition coefficient (Wildman–Crippen LogP) is 8.34. The predicted molar refractivity (Wildman–Crippen MR) is 158 cm³/mol. The number of fused-ring (bicyclic) bond motifs is 1. The molecule has 1 heterocycles.